The normalized spacial score (nSPS) is 14.1. The van der Waals surface area contributed by atoms with Crippen molar-refractivity contribution < 1.29 is 19.4 Å². The number of hydrogen-bond donors (Lipinski definition) is 2. The van der Waals surface area contributed by atoms with Crippen molar-refractivity contribution >= 4 is 14.3 Å². The van der Waals surface area contributed by atoms with E-state index in [-0.39, 0.29) is 17.2 Å². The van der Waals surface area contributed by atoms with Gasteiger partial charge in [-0.25, -0.2) is 4.79 Å². The highest BCUT2D eigenvalue weighted by atomic mass is 28.4. The van der Waals surface area contributed by atoms with Crippen LogP contribution in [0.2, 0.25) is 18.1 Å². The molecule has 0 amide bonds. The summed E-state index contributed by atoms with van der Waals surface area (Å²) in [6.45, 7) is 10.2. The molecule has 1 aromatic carbocycles. The third kappa shape index (κ3) is 4.08. The van der Waals surface area contributed by atoms with Crippen LogP contribution in [0.5, 0.6) is 5.75 Å². The molecule has 1 atom stereocenters. The maximum Gasteiger partial charge on any atom is 0.331 e. The smallest absolute Gasteiger partial charge is 0.331 e. The van der Waals surface area contributed by atoms with Gasteiger partial charge in [-0.2, -0.15) is 0 Å². The zero-order valence-electron chi connectivity index (χ0n) is 12.8. The second kappa shape index (κ2) is 5.97. The number of aliphatic carboxylic acids is 1. The Balaban J connectivity index is 2.92. The van der Waals surface area contributed by atoms with Crippen LogP contribution in [0.1, 0.15) is 26.3 Å². The van der Waals surface area contributed by atoms with Gasteiger partial charge in [0.2, 0.25) is 0 Å². The van der Waals surface area contributed by atoms with E-state index in [0.29, 0.717) is 5.56 Å². The summed E-state index contributed by atoms with van der Waals surface area (Å²) in [4.78, 5) is 11.4. The number of para-hydroxylation sites is 1. The number of carbonyl (C=O) groups is 1. The van der Waals surface area contributed by atoms with E-state index in [4.69, 9.17) is 4.43 Å². The fourth-order valence-electron chi connectivity index (χ4n) is 1.59. The van der Waals surface area contributed by atoms with Crippen molar-refractivity contribution in [1.82, 2.24) is 0 Å². The maximum absolute atomic E-state index is 11.4. The van der Waals surface area contributed by atoms with Crippen molar-refractivity contribution in [2.75, 3.05) is 0 Å². The minimum absolute atomic E-state index is 0.0561. The lowest BCUT2D eigenvalue weighted by Gasteiger charge is -2.38. The monoisotopic (exact) mass is 296 g/mol. The molecule has 0 bridgehead atoms. The summed E-state index contributed by atoms with van der Waals surface area (Å²) in [5, 5.41) is 19.1. The molecule has 0 aliphatic heterocycles. The highest BCUT2D eigenvalue weighted by Crippen LogP contribution is 2.37. The molecule has 0 fully saturated rings. The first-order chi connectivity index (χ1) is 9.04. The molecule has 0 radical (unpaired) electrons. The van der Waals surface area contributed by atoms with Crippen molar-refractivity contribution in [3.8, 4) is 5.75 Å². The molecule has 4 nitrogen and oxygen atoms in total. The Hall–Kier alpha value is -1.33. The number of aromatic hydroxyl groups is 1. The number of carboxylic acids is 1. The first-order valence-electron chi connectivity index (χ1n) is 6.72. The molecule has 1 unspecified atom stereocenters. The van der Waals surface area contributed by atoms with E-state index in [2.05, 4.69) is 20.8 Å². The van der Waals surface area contributed by atoms with E-state index in [9.17, 15) is 15.0 Å². The molecule has 0 saturated heterocycles. The average molecular weight is 296 g/mol. The Bertz CT molecular complexity index is 477. The second-order valence-corrected chi connectivity index (χ2v) is 11.3. The van der Waals surface area contributed by atoms with Crippen LogP contribution in [-0.4, -0.2) is 30.6 Å². The van der Waals surface area contributed by atoms with Crippen molar-refractivity contribution in [3.05, 3.63) is 29.8 Å². The van der Waals surface area contributed by atoms with Crippen molar-refractivity contribution in [2.24, 2.45) is 0 Å². The highest BCUT2D eigenvalue weighted by Gasteiger charge is 2.40. The van der Waals surface area contributed by atoms with Crippen LogP contribution in [0.15, 0.2) is 24.3 Å². The van der Waals surface area contributed by atoms with Gasteiger partial charge >= 0.3 is 5.97 Å². The van der Waals surface area contributed by atoms with Gasteiger partial charge in [0.25, 0.3) is 0 Å². The highest BCUT2D eigenvalue weighted by molar-refractivity contribution is 6.74. The summed E-state index contributed by atoms with van der Waals surface area (Å²) in [6, 6.07) is 6.77. The standard InChI is InChI=1S/C15H24O4Si/c1-15(2,3)20(4,5)19-13(14(17)18)10-11-8-6-7-9-12(11)16/h6-9,13,16H,10H2,1-5H3,(H,17,18). The van der Waals surface area contributed by atoms with Gasteiger partial charge in [-0.1, -0.05) is 39.0 Å². The zero-order valence-corrected chi connectivity index (χ0v) is 13.8. The van der Waals surface area contributed by atoms with Crippen LogP contribution in [-0.2, 0) is 15.6 Å². The third-order valence-electron chi connectivity index (χ3n) is 3.92. The number of phenolic OH excluding ortho intramolecular Hbond substituents is 1. The summed E-state index contributed by atoms with van der Waals surface area (Å²) < 4.78 is 5.95. The Morgan fingerprint density at radius 1 is 1.30 bits per heavy atom. The van der Waals surface area contributed by atoms with E-state index < -0.39 is 20.4 Å². The maximum atomic E-state index is 11.4. The van der Waals surface area contributed by atoms with E-state index in [1.165, 1.54) is 0 Å². The molecule has 0 heterocycles. The van der Waals surface area contributed by atoms with Crippen LogP contribution >= 0.6 is 0 Å². The van der Waals surface area contributed by atoms with Crippen molar-refractivity contribution in [2.45, 2.75) is 51.4 Å². The van der Waals surface area contributed by atoms with Crippen LogP contribution in [0.25, 0.3) is 0 Å². The Morgan fingerprint density at radius 3 is 2.30 bits per heavy atom. The molecule has 20 heavy (non-hydrogen) atoms. The Morgan fingerprint density at radius 2 is 1.85 bits per heavy atom. The minimum Gasteiger partial charge on any atom is -0.508 e. The summed E-state index contributed by atoms with van der Waals surface area (Å²) in [7, 11) is -2.16. The van der Waals surface area contributed by atoms with E-state index >= 15 is 0 Å². The SMILES string of the molecule is CC(C)(C)[Si](C)(C)OC(Cc1ccccc1O)C(=O)O. The van der Waals surface area contributed by atoms with Gasteiger partial charge < -0.3 is 14.6 Å². The Kier molecular flexibility index (Phi) is 4.99. The first kappa shape index (κ1) is 16.7. The van der Waals surface area contributed by atoms with Gasteiger partial charge in [0, 0.05) is 6.42 Å². The molecule has 0 aliphatic rings. The number of rotatable bonds is 5. The molecule has 112 valence electrons. The van der Waals surface area contributed by atoms with Crippen LogP contribution in [0.4, 0.5) is 0 Å². The third-order valence-corrected chi connectivity index (χ3v) is 8.40. The topological polar surface area (TPSA) is 66.8 Å². The molecule has 0 spiro atoms. The second-order valence-electron chi connectivity index (χ2n) is 6.54. The summed E-state index contributed by atoms with van der Waals surface area (Å²) >= 11 is 0. The Labute approximate surface area is 121 Å². The summed E-state index contributed by atoms with van der Waals surface area (Å²) in [5.74, 6) is -0.879. The van der Waals surface area contributed by atoms with Crippen molar-refractivity contribution in [3.63, 3.8) is 0 Å². The fraction of sp³-hybridized carbons (Fsp3) is 0.533. The number of benzene rings is 1. The van der Waals surface area contributed by atoms with Gasteiger partial charge in [0.15, 0.2) is 8.32 Å². The largest absolute Gasteiger partial charge is 0.508 e. The molecular weight excluding hydrogens is 272 g/mol. The van der Waals surface area contributed by atoms with Crippen LogP contribution < -0.4 is 0 Å². The zero-order chi connectivity index (χ0) is 15.6. The van der Waals surface area contributed by atoms with Gasteiger partial charge in [0.1, 0.15) is 11.9 Å². The lowest BCUT2D eigenvalue weighted by Crippen LogP contribution is -2.46. The lowest BCUT2D eigenvalue weighted by molar-refractivity contribution is -0.145. The van der Waals surface area contributed by atoms with Gasteiger partial charge in [-0.15, -0.1) is 0 Å². The number of carboxylic acid groups (broad SMARTS) is 1. The predicted molar refractivity (Wildman–Crippen MR) is 81.5 cm³/mol. The number of phenols is 1. The molecule has 0 aromatic heterocycles. The van der Waals surface area contributed by atoms with Gasteiger partial charge in [-0.05, 0) is 29.8 Å². The van der Waals surface area contributed by atoms with Gasteiger partial charge in [-0.3, -0.25) is 0 Å². The number of hydrogen-bond acceptors (Lipinski definition) is 3. The first-order valence-corrected chi connectivity index (χ1v) is 9.63. The summed E-state index contributed by atoms with van der Waals surface area (Å²) in [6.07, 6.45) is -0.752. The minimum atomic E-state index is -2.16. The molecule has 0 saturated carbocycles. The lowest BCUT2D eigenvalue weighted by atomic mass is 10.1. The molecule has 2 N–H and O–H groups in total. The van der Waals surface area contributed by atoms with Crippen LogP contribution in [0, 0.1) is 0 Å². The molecule has 0 aliphatic carbocycles. The quantitative estimate of drug-likeness (QED) is 0.817. The van der Waals surface area contributed by atoms with Crippen molar-refractivity contribution in [1.29, 1.82) is 0 Å². The molecule has 1 aromatic rings. The van der Waals surface area contributed by atoms with E-state index in [1.807, 2.05) is 13.1 Å². The van der Waals surface area contributed by atoms with E-state index in [1.54, 1.807) is 24.3 Å². The fourth-order valence-corrected chi connectivity index (χ4v) is 2.84. The summed E-state index contributed by atoms with van der Waals surface area (Å²) in [5.41, 5.74) is 0.596. The molecule has 5 heteroatoms. The van der Waals surface area contributed by atoms with E-state index in [0.717, 1.165) is 0 Å². The predicted octanol–water partition coefficient (Wildman–Crippen LogP) is 3.41. The van der Waals surface area contributed by atoms with Gasteiger partial charge in [0.05, 0.1) is 0 Å². The molecule has 1 rings (SSSR count). The van der Waals surface area contributed by atoms with Crippen LogP contribution in [0.3, 0.4) is 0 Å². The average Bonchev–Trinajstić information content (AvgIpc) is 2.29. The molecular formula is C15H24O4Si.